The fourth-order valence-corrected chi connectivity index (χ4v) is 2.34. The molecule has 3 rings (SSSR count). The first-order valence-corrected chi connectivity index (χ1v) is 7.79. The molecule has 0 saturated heterocycles. The molecule has 3 nitrogen and oxygen atoms in total. The van der Waals surface area contributed by atoms with Gasteiger partial charge in [0.1, 0.15) is 5.82 Å². The van der Waals surface area contributed by atoms with E-state index in [-0.39, 0.29) is 5.91 Å². The highest BCUT2D eigenvalue weighted by Crippen LogP contribution is 2.12. The van der Waals surface area contributed by atoms with Gasteiger partial charge in [0.15, 0.2) is 0 Å². The Labute approximate surface area is 141 Å². The second kappa shape index (κ2) is 7.38. The molecule has 0 unspecified atom stereocenters. The van der Waals surface area contributed by atoms with Crippen molar-refractivity contribution in [1.82, 2.24) is 4.98 Å². The van der Waals surface area contributed by atoms with Gasteiger partial charge in [-0.25, -0.2) is 4.98 Å². The van der Waals surface area contributed by atoms with Crippen LogP contribution in [0.3, 0.4) is 0 Å². The van der Waals surface area contributed by atoms with Gasteiger partial charge in [0.25, 0.3) is 5.91 Å². The largest absolute Gasteiger partial charge is 0.307 e. The van der Waals surface area contributed by atoms with Crippen molar-refractivity contribution in [3.63, 3.8) is 0 Å². The number of anilines is 1. The summed E-state index contributed by atoms with van der Waals surface area (Å²) in [6.45, 7) is 1.89. The van der Waals surface area contributed by atoms with E-state index in [2.05, 4.69) is 10.3 Å². The number of nitrogens with zero attached hydrogens (tertiary/aromatic N) is 1. The summed E-state index contributed by atoms with van der Waals surface area (Å²) in [5, 5.41) is 2.83. The van der Waals surface area contributed by atoms with Crippen LogP contribution in [0.5, 0.6) is 0 Å². The van der Waals surface area contributed by atoms with Crippen molar-refractivity contribution >= 4 is 23.9 Å². The van der Waals surface area contributed by atoms with Crippen LogP contribution in [0.4, 0.5) is 5.82 Å². The number of nitrogens with one attached hydrogen (secondary N) is 1. The minimum Gasteiger partial charge on any atom is -0.307 e. The Kier molecular flexibility index (Phi) is 4.82. The van der Waals surface area contributed by atoms with E-state index in [0.29, 0.717) is 11.4 Å². The molecule has 0 fully saturated rings. The molecule has 1 aromatic heterocycles. The molecule has 3 heteroatoms. The van der Waals surface area contributed by atoms with E-state index in [4.69, 9.17) is 0 Å². The first kappa shape index (κ1) is 15.7. The molecule has 24 heavy (non-hydrogen) atoms. The van der Waals surface area contributed by atoms with Crippen molar-refractivity contribution in [2.45, 2.75) is 6.92 Å². The fourth-order valence-electron chi connectivity index (χ4n) is 2.34. The number of pyridine rings is 1. The van der Waals surface area contributed by atoms with Gasteiger partial charge in [0, 0.05) is 11.3 Å². The Balaban J connectivity index is 1.75. The third-order valence-electron chi connectivity index (χ3n) is 3.55. The number of rotatable bonds is 4. The third-order valence-corrected chi connectivity index (χ3v) is 3.55. The van der Waals surface area contributed by atoms with E-state index in [9.17, 15) is 4.79 Å². The standard InChI is InChI=1S/C21H18N2O/c1-16-7-5-12-20(22-16)23-21(24)19-11-6-10-18(15-19)14-13-17-8-3-2-4-9-17/h2-15H,1H3,(H,22,23,24)/b14-13+. The lowest BCUT2D eigenvalue weighted by molar-refractivity contribution is 0.102. The number of aryl methyl sites for hydroxylation is 1. The molecule has 0 radical (unpaired) electrons. The molecule has 0 aliphatic heterocycles. The maximum absolute atomic E-state index is 12.4. The number of hydrogen-bond donors (Lipinski definition) is 1. The highest BCUT2D eigenvalue weighted by Gasteiger charge is 2.07. The number of carbonyl (C=O) groups excluding carboxylic acids is 1. The Morgan fingerprint density at radius 3 is 2.38 bits per heavy atom. The molecule has 0 atom stereocenters. The van der Waals surface area contributed by atoms with Gasteiger partial charge < -0.3 is 5.32 Å². The SMILES string of the molecule is Cc1cccc(NC(=O)c2cccc(/C=C/c3ccccc3)c2)n1. The Morgan fingerprint density at radius 1 is 0.875 bits per heavy atom. The average Bonchev–Trinajstić information content (AvgIpc) is 2.61. The van der Waals surface area contributed by atoms with Crippen LogP contribution in [0.25, 0.3) is 12.2 Å². The van der Waals surface area contributed by atoms with Crippen molar-refractivity contribution in [2.75, 3.05) is 5.32 Å². The molecule has 0 aliphatic carbocycles. The summed E-state index contributed by atoms with van der Waals surface area (Å²) in [7, 11) is 0. The minimum absolute atomic E-state index is 0.164. The molecule has 0 aliphatic rings. The third kappa shape index (κ3) is 4.17. The lowest BCUT2D eigenvalue weighted by Gasteiger charge is -2.06. The molecule has 0 saturated carbocycles. The minimum atomic E-state index is -0.164. The van der Waals surface area contributed by atoms with Crippen LogP contribution in [0.1, 0.15) is 27.2 Å². The van der Waals surface area contributed by atoms with Gasteiger partial charge in [0.2, 0.25) is 0 Å². The lowest BCUT2D eigenvalue weighted by atomic mass is 10.1. The summed E-state index contributed by atoms with van der Waals surface area (Å²) < 4.78 is 0. The topological polar surface area (TPSA) is 42.0 Å². The van der Waals surface area contributed by atoms with Crippen LogP contribution in [0.2, 0.25) is 0 Å². The lowest BCUT2D eigenvalue weighted by Crippen LogP contribution is -2.13. The van der Waals surface area contributed by atoms with E-state index in [0.717, 1.165) is 16.8 Å². The quantitative estimate of drug-likeness (QED) is 0.702. The Hall–Kier alpha value is -3.20. The summed E-state index contributed by atoms with van der Waals surface area (Å²) in [6, 6.07) is 23.1. The van der Waals surface area contributed by atoms with Crippen molar-refractivity contribution in [3.8, 4) is 0 Å². The van der Waals surface area contributed by atoms with Crippen LogP contribution in [-0.2, 0) is 0 Å². The van der Waals surface area contributed by atoms with Crippen molar-refractivity contribution < 1.29 is 4.79 Å². The Bertz CT molecular complexity index is 870. The molecule has 1 amide bonds. The summed E-state index contributed by atoms with van der Waals surface area (Å²) >= 11 is 0. The fraction of sp³-hybridized carbons (Fsp3) is 0.0476. The molecular weight excluding hydrogens is 296 g/mol. The molecule has 0 bridgehead atoms. The molecule has 1 N–H and O–H groups in total. The predicted octanol–water partition coefficient (Wildman–Crippen LogP) is 4.81. The van der Waals surface area contributed by atoms with Crippen molar-refractivity contribution in [3.05, 3.63) is 95.2 Å². The number of hydrogen-bond acceptors (Lipinski definition) is 2. The van der Waals surface area contributed by atoms with Crippen LogP contribution < -0.4 is 5.32 Å². The van der Waals surface area contributed by atoms with E-state index in [1.807, 2.05) is 79.7 Å². The van der Waals surface area contributed by atoms with E-state index in [1.54, 1.807) is 12.1 Å². The Morgan fingerprint density at radius 2 is 1.58 bits per heavy atom. The zero-order valence-corrected chi connectivity index (χ0v) is 13.4. The van der Waals surface area contributed by atoms with Gasteiger partial charge in [-0.15, -0.1) is 0 Å². The monoisotopic (exact) mass is 314 g/mol. The van der Waals surface area contributed by atoms with Gasteiger partial charge in [0.05, 0.1) is 0 Å². The molecule has 3 aromatic rings. The van der Waals surface area contributed by atoms with Gasteiger partial charge in [-0.2, -0.15) is 0 Å². The summed E-state index contributed by atoms with van der Waals surface area (Å²) in [5.74, 6) is 0.397. The normalized spacial score (nSPS) is 10.7. The van der Waals surface area contributed by atoms with Crippen LogP contribution >= 0.6 is 0 Å². The van der Waals surface area contributed by atoms with E-state index >= 15 is 0 Å². The van der Waals surface area contributed by atoms with Gasteiger partial charge in [-0.1, -0.05) is 60.7 Å². The number of carbonyl (C=O) groups is 1. The van der Waals surface area contributed by atoms with Gasteiger partial charge in [-0.05, 0) is 42.3 Å². The summed E-state index contributed by atoms with van der Waals surface area (Å²) in [4.78, 5) is 16.7. The van der Waals surface area contributed by atoms with Crippen LogP contribution in [0.15, 0.2) is 72.8 Å². The molecule has 118 valence electrons. The number of amides is 1. The first-order valence-electron chi connectivity index (χ1n) is 7.79. The summed E-state index contributed by atoms with van der Waals surface area (Å²) in [6.07, 6.45) is 4.02. The second-order valence-corrected chi connectivity index (χ2v) is 5.49. The highest BCUT2D eigenvalue weighted by atomic mass is 16.1. The zero-order valence-electron chi connectivity index (χ0n) is 13.4. The van der Waals surface area contributed by atoms with Crippen molar-refractivity contribution in [1.29, 1.82) is 0 Å². The van der Waals surface area contributed by atoms with E-state index < -0.39 is 0 Å². The van der Waals surface area contributed by atoms with Gasteiger partial charge >= 0.3 is 0 Å². The molecule has 1 heterocycles. The van der Waals surface area contributed by atoms with Crippen LogP contribution in [0, 0.1) is 6.92 Å². The van der Waals surface area contributed by atoms with Crippen molar-refractivity contribution in [2.24, 2.45) is 0 Å². The number of aromatic nitrogens is 1. The first-order chi connectivity index (χ1) is 11.7. The molecule has 0 spiro atoms. The van der Waals surface area contributed by atoms with Gasteiger partial charge in [-0.3, -0.25) is 4.79 Å². The maximum atomic E-state index is 12.4. The summed E-state index contributed by atoms with van der Waals surface area (Å²) in [5.41, 5.74) is 3.57. The molecular formula is C21H18N2O. The smallest absolute Gasteiger partial charge is 0.256 e. The predicted molar refractivity (Wildman–Crippen MR) is 98.7 cm³/mol. The highest BCUT2D eigenvalue weighted by molar-refractivity contribution is 6.04. The number of benzene rings is 2. The maximum Gasteiger partial charge on any atom is 0.256 e. The molecule has 2 aromatic carbocycles. The van der Waals surface area contributed by atoms with Crippen LogP contribution in [-0.4, -0.2) is 10.9 Å². The second-order valence-electron chi connectivity index (χ2n) is 5.49. The average molecular weight is 314 g/mol. The zero-order chi connectivity index (χ0) is 16.8. The van der Waals surface area contributed by atoms with E-state index in [1.165, 1.54) is 0 Å².